The van der Waals surface area contributed by atoms with E-state index in [4.69, 9.17) is 0 Å². The van der Waals surface area contributed by atoms with Gasteiger partial charge in [0.1, 0.15) is 0 Å². The molecule has 2 aliphatic rings. The molecule has 0 bridgehead atoms. The van der Waals surface area contributed by atoms with E-state index in [9.17, 15) is 14.4 Å². The van der Waals surface area contributed by atoms with Gasteiger partial charge >= 0.3 is 0 Å². The topological polar surface area (TPSA) is 66.5 Å². The first-order chi connectivity index (χ1) is 13.9. The zero-order valence-electron chi connectivity index (χ0n) is 17.1. The molecule has 0 radical (unpaired) electrons. The van der Waals surface area contributed by atoms with Gasteiger partial charge in [-0.15, -0.1) is 0 Å². The number of aryl methyl sites for hydroxylation is 2. The van der Waals surface area contributed by atoms with E-state index in [1.807, 2.05) is 32.0 Å². The SMILES string of the molecule is Cc1cccc(C)c1NC(=O)c1cccc(N2C(=O)[C@H]3C[C@H](C)CC[C@H]3C2=O)c1. The summed E-state index contributed by atoms with van der Waals surface area (Å²) in [6.45, 7) is 6.03. The van der Waals surface area contributed by atoms with E-state index in [0.29, 0.717) is 17.2 Å². The molecule has 5 heteroatoms. The van der Waals surface area contributed by atoms with Gasteiger partial charge < -0.3 is 5.32 Å². The minimum atomic E-state index is -0.255. The number of fused-ring (bicyclic) bond motifs is 1. The molecule has 1 aliphatic heterocycles. The predicted octanol–water partition coefficient (Wildman–Crippen LogP) is 4.48. The van der Waals surface area contributed by atoms with Crippen molar-refractivity contribution >= 4 is 29.1 Å². The number of carbonyl (C=O) groups excluding carboxylic acids is 3. The molecule has 1 aliphatic carbocycles. The van der Waals surface area contributed by atoms with Gasteiger partial charge in [-0.1, -0.05) is 31.2 Å². The summed E-state index contributed by atoms with van der Waals surface area (Å²) in [7, 11) is 0. The summed E-state index contributed by atoms with van der Waals surface area (Å²) in [6, 6.07) is 12.6. The first-order valence-corrected chi connectivity index (χ1v) is 10.2. The lowest BCUT2D eigenvalue weighted by Crippen LogP contribution is -2.31. The van der Waals surface area contributed by atoms with Crippen LogP contribution < -0.4 is 10.2 Å². The van der Waals surface area contributed by atoms with Crippen LogP contribution in [0.25, 0.3) is 0 Å². The van der Waals surface area contributed by atoms with Crippen molar-refractivity contribution in [2.24, 2.45) is 17.8 Å². The summed E-state index contributed by atoms with van der Waals surface area (Å²) in [6.07, 6.45) is 2.50. The fraction of sp³-hybridized carbons (Fsp3) is 0.375. The van der Waals surface area contributed by atoms with Crippen molar-refractivity contribution in [3.8, 4) is 0 Å². The Balaban J connectivity index is 1.60. The van der Waals surface area contributed by atoms with E-state index in [-0.39, 0.29) is 29.6 Å². The third-order valence-corrected chi connectivity index (χ3v) is 6.27. The molecule has 1 saturated carbocycles. The fourth-order valence-electron chi connectivity index (χ4n) is 4.63. The smallest absolute Gasteiger partial charge is 0.255 e. The number of imide groups is 1. The number of rotatable bonds is 3. The number of carbonyl (C=O) groups is 3. The summed E-state index contributed by atoms with van der Waals surface area (Å²) in [4.78, 5) is 40.0. The lowest BCUT2D eigenvalue weighted by molar-refractivity contribution is -0.122. The van der Waals surface area contributed by atoms with Gasteiger partial charge in [-0.05, 0) is 68.4 Å². The molecule has 1 heterocycles. The highest BCUT2D eigenvalue weighted by molar-refractivity contribution is 6.22. The van der Waals surface area contributed by atoms with E-state index < -0.39 is 0 Å². The number of nitrogens with one attached hydrogen (secondary N) is 1. The number of para-hydroxylation sites is 1. The van der Waals surface area contributed by atoms with E-state index >= 15 is 0 Å². The molecule has 0 unspecified atom stereocenters. The predicted molar refractivity (Wildman–Crippen MR) is 113 cm³/mol. The molecule has 0 spiro atoms. The molecule has 4 rings (SSSR count). The number of nitrogens with zero attached hydrogens (tertiary/aromatic N) is 1. The minimum Gasteiger partial charge on any atom is -0.322 e. The van der Waals surface area contributed by atoms with Gasteiger partial charge in [0.25, 0.3) is 5.91 Å². The fourth-order valence-corrected chi connectivity index (χ4v) is 4.63. The zero-order chi connectivity index (χ0) is 20.7. The quantitative estimate of drug-likeness (QED) is 0.786. The highest BCUT2D eigenvalue weighted by Crippen LogP contribution is 2.42. The Morgan fingerprint density at radius 1 is 0.966 bits per heavy atom. The molecular weight excluding hydrogens is 364 g/mol. The van der Waals surface area contributed by atoms with Crippen molar-refractivity contribution in [3.05, 3.63) is 59.2 Å². The Morgan fingerprint density at radius 2 is 1.62 bits per heavy atom. The maximum atomic E-state index is 13.0. The first kappa shape index (κ1) is 19.4. The van der Waals surface area contributed by atoms with Crippen LogP contribution in [0, 0.1) is 31.6 Å². The Bertz CT molecular complexity index is 977. The van der Waals surface area contributed by atoms with Crippen LogP contribution in [0.2, 0.25) is 0 Å². The van der Waals surface area contributed by atoms with E-state index in [1.54, 1.807) is 24.3 Å². The average molecular weight is 390 g/mol. The Morgan fingerprint density at radius 3 is 2.34 bits per heavy atom. The van der Waals surface area contributed by atoms with Crippen LogP contribution in [0.15, 0.2) is 42.5 Å². The lowest BCUT2D eigenvalue weighted by atomic mass is 9.76. The largest absolute Gasteiger partial charge is 0.322 e. The normalized spacial score (nSPS) is 23.8. The molecule has 0 aromatic heterocycles. The van der Waals surface area contributed by atoms with Gasteiger partial charge in [-0.25, -0.2) is 0 Å². The molecule has 3 amide bonds. The third-order valence-electron chi connectivity index (χ3n) is 6.27. The summed E-state index contributed by atoms with van der Waals surface area (Å²) in [5.41, 5.74) is 3.66. The van der Waals surface area contributed by atoms with Crippen LogP contribution in [0.4, 0.5) is 11.4 Å². The molecule has 2 fully saturated rings. The van der Waals surface area contributed by atoms with Gasteiger partial charge in [0.05, 0.1) is 17.5 Å². The summed E-state index contributed by atoms with van der Waals surface area (Å²) in [5.74, 6) is -0.487. The second kappa shape index (κ2) is 7.47. The van der Waals surface area contributed by atoms with Gasteiger partial charge in [-0.3, -0.25) is 19.3 Å². The standard InChI is InChI=1S/C24H26N2O3/c1-14-10-11-19-20(12-14)24(29)26(23(19)28)18-9-5-8-17(13-18)22(27)25-21-15(2)6-4-7-16(21)3/h4-9,13-14,19-20H,10-12H2,1-3H3,(H,25,27)/t14-,19-,20+/m1/s1. The number of amides is 3. The van der Waals surface area contributed by atoms with Crippen LogP contribution in [-0.4, -0.2) is 17.7 Å². The van der Waals surface area contributed by atoms with Crippen molar-refractivity contribution in [1.29, 1.82) is 0 Å². The Labute approximate surface area is 171 Å². The van der Waals surface area contributed by atoms with Crippen LogP contribution in [0.5, 0.6) is 0 Å². The van der Waals surface area contributed by atoms with Crippen LogP contribution in [-0.2, 0) is 9.59 Å². The van der Waals surface area contributed by atoms with Crippen molar-refractivity contribution < 1.29 is 14.4 Å². The molecule has 1 saturated heterocycles. The monoisotopic (exact) mass is 390 g/mol. The molecular formula is C24H26N2O3. The van der Waals surface area contributed by atoms with E-state index in [1.165, 1.54) is 4.90 Å². The van der Waals surface area contributed by atoms with Gasteiger partial charge in [0.15, 0.2) is 0 Å². The molecule has 2 aromatic carbocycles. The summed E-state index contributed by atoms with van der Waals surface area (Å²) < 4.78 is 0. The second-order valence-electron chi connectivity index (χ2n) is 8.41. The maximum Gasteiger partial charge on any atom is 0.255 e. The maximum absolute atomic E-state index is 13.0. The average Bonchev–Trinajstić information content (AvgIpc) is 2.94. The molecule has 150 valence electrons. The van der Waals surface area contributed by atoms with Gasteiger partial charge in [-0.2, -0.15) is 0 Å². The Kier molecular flexibility index (Phi) is 4.99. The van der Waals surface area contributed by atoms with E-state index in [2.05, 4.69) is 12.2 Å². The number of benzene rings is 2. The molecule has 5 nitrogen and oxygen atoms in total. The number of anilines is 2. The van der Waals surface area contributed by atoms with Crippen LogP contribution in [0.3, 0.4) is 0 Å². The van der Waals surface area contributed by atoms with Crippen molar-refractivity contribution in [2.75, 3.05) is 10.2 Å². The minimum absolute atomic E-state index is 0.126. The highest BCUT2D eigenvalue weighted by Gasteiger charge is 2.50. The number of hydrogen-bond acceptors (Lipinski definition) is 3. The summed E-state index contributed by atoms with van der Waals surface area (Å²) >= 11 is 0. The molecule has 1 N–H and O–H groups in total. The van der Waals surface area contributed by atoms with E-state index in [0.717, 1.165) is 36.1 Å². The molecule has 29 heavy (non-hydrogen) atoms. The van der Waals surface area contributed by atoms with Crippen LogP contribution >= 0.6 is 0 Å². The highest BCUT2D eigenvalue weighted by atomic mass is 16.2. The van der Waals surface area contributed by atoms with Crippen molar-refractivity contribution in [2.45, 2.75) is 40.0 Å². The zero-order valence-corrected chi connectivity index (χ0v) is 17.1. The first-order valence-electron chi connectivity index (χ1n) is 10.2. The van der Waals surface area contributed by atoms with Gasteiger partial charge in [0.2, 0.25) is 11.8 Å². The van der Waals surface area contributed by atoms with Gasteiger partial charge in [0, 0.05) is 11.3 Å². The van der Waals surface area contributed by atoms with Crippen molar-refractivity contribution in [1.82, 2.24) is 0 Å². The molecule has 2 aromatic rings. The third kappa shape index (κ3) is 3.46. The second-order valence-corrected chi connectivity index (χ2v) is 8.41. The number of hydrogen-bond donors (Lipinski definition) is 1. The van der Waals surface area contributed by atoms with Crippen LogP contribution in [0.1, 0.15) is 47.7 Å². The lowest BCUT2D eigenvalue weighted by Gasteiger charge is -2.25. The van der Waals surface area contributed by atoms with Crippen molar-refractivity contribution in [3.63, 3.8) is 0 Å². The Hall–Kier alpha value is -2.95. The summed E-state index contributed by atoms with van der Waals surface area (Å²) in [5, 5.41) is 2.96. The molecule has 3 atom stereocenters.